The number of thioether (sulfide) groups is 1. The lowest BCUT2D eigenvalue weighted by atomic mass is 10.2. The van der Waals surface area contributed by atoms with Gasteiger partial charge in [0.15, 0.2) is 0 Å². The molecule has 0 fully saturated rings. The number of sulfonamides is 1. The van der Waals surface area contributed by atoms with Crippen LogP contribution in [0.1, 0.15) is 17.5 Å². The number of carbonyl (C=O) groups is 1. The van der Waals surface area contributed by atoms with Gasteiger partial charge in [-0.1, -0.05) is 65.7 Å². The molecule has 3 rings (SSSR count). The third-order valence-corrected chi connectivity index (χ3v) is 8.03. The minimum Gasteiger partial charge on any atom is -0.354 e. The molecule has 0 aromatic heterocycles. The van der Waals surface area contributed by atoms with E-state index >= 15 is 0 Å². The van der Waals surface area contributed by atoms with E-state index < -0.39 is 10.0 Å². The summed E-state index contributed by atoms with van der Waals surface area (Å²) in [4.78, 5) is 12.8. The van der Waals surface area contributed by atoms with E-state index in [1.165, 1.54) is 5.56 Å². The van der Waals surface area contributed by atoms with Gasteiger partial charge in [0.2, 0.25) is 5.91 Å². The molecule has 8 heteroatoms. The Morgan fingerprint density at radius 1 is 1.00 bits per heavy atom. The molecular weight excluding hydrogens is 476 g/mol. The second kappa shape index (κ2) is 12.1. The highest BCUT2D eigenvalue weighted by Crippen LogP contribution is 2.26. The molecule has 0 saturated carbocycles. The smallest absolute Gasteiger partial charge is 0.264 e. The van der Waals surface area contributed by atoms with Crippen LogP contribution in [0.25, 0.3) is 0 Å². The summed E-state index contributed by atoms with van der Waals surface area (Å²) >= 11 is 7.90. The van der Waals surface area contributed by atoms with Gasteiger partial charge in [0.05, 0.1) is 10.6 Å². The van der Waals surface area contributed by atoms with E-state index in [9.17, 15) is 13.2 Å². The van der Waals surface area contributed by atoms with Gasteiger partial charge in [-0.05, 0) is 55.0 Å². The molecule has 0 aliphatic carbocycles. The van der Waals surface area contributed by atoms with E-state index in [0.29, 0.717) is 17.3 Å². The zero-order valence-electron chi connectivity index (χ0n) is 18.4. The second-order valence-electron chi connectivity index (χ2n) is 7.55. The number of halogens is 1. The van der Waals surface area contributed by atoms with Crippen molar-refractivity contribution in [1.29, 1.82) is 0 Å². The Balaban J connectivity index is 1.60. The fourth-order valence-corrected chi connectivity index (χ4v) is 5.65. The average molecular weight is 503 g/mol. The number of hydrogen-bond acceptors (Lipinski definition) is 4. The van der Waals surface area contributed by atoms with Crippen LogP contribution in [-0.4, -0.2) is 33.2 Å². The van der Waals surface area contributed by atoms with Gasteiger partial charge in [-0.25, -0.2) is 8.42 Å². The van der Waals surface area contributed by atoms with E-state index in [0.717, 1.165) is 27.8 Å². The topological polar surface area (TPSA) is 66.5 Å². The number of hydrogen-bond donors (Lipinski definition) is 1. The fourth-order valence-electron chi connectivity index (χ4n) is 3.14. The Bertz CT molecular complexity index is 1150. The van der Waals surface area contributed by atoms with Crippen LogP contribution in [0.5, 0.6) is 0 Å². The zero-order valence-corrected chi connectivity index (χ0v) is 20.8. The number of nitrogens with zero attached hydrogens (tertiary/aromatic N) is 1. The first kappa shape index (κ1) is 25.1. The van der Waals surface area contributed by atoms with Crippen LogP contribution in [0.4, 0.5) is 5.69 Å². The summed E-state index contributed by atoms with van der Waals surface area (Å²) in [5.41, 5.74) is 2.56. The Hall–Kier alpha value is -2.48. The number of carbonyl (C=O) groups excluding carboxylic acids is 1. The van der Waals surface area contributed by atoms with Crippen molar-refractivity contribution in [3.8, 4) is 0 Å². The molecule has 3 aromatic carbocycles. The summed E-state index contributed by atoms with van der Waals surface area (Å²) in [7, 11) is -3.94. The SMILES string of the molecule is Cc1ccc(S(=O)(=O)N(CC(=O)NCCCSCc2ccccc2)c2cccc(Cl)c2)cc1. The highest BCUT2D eigenvalue weighted by molar-refractivity contribution is 7.98. The number of amides is 1. The average Bonchev–Trinajstić information content (AvgIpc) is 2.80. The summed E-state index contributed by atoms with van der Waals surface area (Å²) < 4.78 is 27.8. The predicted octanol–water partition coefficient (Wildman–Crippen LogP) is 5.28. The Labute approximate surface area is 205 Å². The summed E-state index contributed by atoms with van der Waals surface area (Å²) in [5, 5.41) is 3.23. The van der Waals surface area contributed by atoms with Crippen LogP contribution in [0, 0.1) is 6.92 Å². The van der Waals surface area contributed by atoms with Gasteiger partial charge in [0.1, 0.15) is 6.54 Å². The molecule has 33 heavy (non-hydrogen) atoms. The molecule has 0 aliphatic rings. The van der Waals surface area contributed by atoms with Crippen molar-refractivity contribution in [3.05, 3.63) is 95.0 Å². The first-order valence-corrected chi connectivity index (χ1v) is 13.6. The largest absolute Gasteiger partial charge is 0.354 e. The Morgan fingerprint density at radius 2 is 1.73 bits per heavy atom. The molecule has 0 spiro atoms. The lowest BCUT2D eigenvalue weighted by Crippen LogP contribution is -2.41. The summed E-state index contributed by atoms with van der Waals surface area (Å²) in [6.45, 7) is 2.04. The third kappa shape index (κ3) is 7.52. The standard InChI is InChI=1S/C25H27ClN2O3S2/c1-20-11-13-24(14-12-20)33(30,31)28(23-10-5-9-22(26)17-23)18-25(29)27-15-6-16-32-19-21-7-3-2-4-8-21/h2-5,7-14,17H,6,15-16,18-19H2,1H3,(H,27,29). The van der Waals surface area contributed by atoms with E-state index in [2.05, 4.69) is 17.4 Å². The highest BCUT2D eigenvalue weighted by atomic mass is 35.5. The first-order chi connectivity index (χ1) is 15.9. The molecule has 0 aliphatic heterocycles. The van der Waals surface area contributed by atoms with Crippen molar-refractivity contribution in [2.24, 2.45) is 0 Å². The van der Waals surface area contributed by atoms with Crippen LogP contribution in [-0.2, 0) is 20.6 Å². The van der Waals surface area contributed by atoms with Crippen LogP contribution in [0.3, 0.4) is 0 Å². The summed E-state index contributed by atoms with van der Waals surface area (Å²) in [6, 6.07) is 23.3. The molecule has 174 valence electrons. The quantitative estimate of drug-likeness (QED) is 0.362. The van der Waals surface area contributed by atoms with Crippen molar-refractivity contribution in [2.75, 3.05) is 23.1 Å². The van der Waals surface area contributed by atoms with Crippen molar-refractivity contribution in [1.82, 2.24) is 5.32 Å². The normalized spacial score (nSPS) is 11.2. The fraction of sp³-hybridized carbons (Fsp3) is 0.240. The van der Waals surface area contributed by atoms with Gasteiger partial charge < -0.3 is 5.32 Å². The number of nitrogens with one attached hydrogen (secondary N) is 1. The minimum absolute atomic E-state index is 0.123. The predicted molar refractivity (Wildman–Crippen MR) is 137 cm³/mol. The number of benzene rings is 3. The zero-order chi connectivity index (χ0) is 23.7. The van der Waals surface area contributed by atoms with Crippen molar-refractivity contribution < 1.29 is 13.2 Å². The van der Waals surface area contributed by atoms with Gasteiger partial charge in [-0.2, -0.15) is 11.8 Å². The molecule has 0 atom stereocenters. The Kier molecular flexibility index (Phi) is 9.23. The van der Waals surface area contributed by atoms with Crippen LogP contribution < -0.4 is 9.62 Å². The van der Waals surface area contributed by atoms with E-state index in [1.54, 1.807) is 60.3 Å². The minimum atomic E-state index is -3.94. The number of anilines is 1. The molecule has 1 N–H and O–H groups in total. The number of aryl methyl sites for hydroxylation is 1. The van der Waals surface area contributed by atoms with E-state index in [4.69, 9.17) is 11.6 Å². The van der Waals surface area contributed by atoms with Gasteiger partial charge in [0, 0.05) is 17.3 Å². The maximum atomic E-state index is 13.3. The molecule has 0 heterocycles. The molecule has 0 saturated heterocycles. The summed E-state index contributed by atoms with van der Waals surface area (Å²) in [5.74, 6) is 1.46. The lowest BCUT2D eigenvalue weighted by molar-refractivity contribution is -0.119. The van der Waals surface area contributed by atoms with Crippen molar-refractivity contribution in [2.45, 2.75) is 24.0 Å². The van der Waals surface area contributed by atoms with Gasteiger partial charge in [-0.3, -0.25) is 9.10 Å². The first-order valence-electron chi connectivity index (χ1n) is 10.6. The monoisotopic (exact) mass is 502 g/mol. The molecule has 3 aromatic rings. The van der Waals surface area contributed by atoms with Gasteiger partial charge >= 0.3 is 0 Å². The highest BCUT2D eigenvalue weighted by Gasteiger charge is 2.27. The molecule has 1 amide bonds. The van der Waals surface area contributed by atoms with Crippen molar-refractivity contribution in [3.63, 3.8) is 0 Å². The molecule has 0 bridgehead atoms. The molecule has 0 radical (unpaired) electrons. The third-order valence-electron chi connectivity index (χ3n) is 4.89. The van der Waals surface area contributed by atoms with Crippen LogP contribution in [0.2, 0.25) is 5.02 Å². The molecular formula is C25H27ClN2O3S2. The van der Waals surface area contributed by atoms with Crippen molar-refractivity contribution >= 4 is 45.0 Å². The summed E-state index contributed by atoms with van der Waals surface area (Å²) in [6.07, 6.45) is 0.797. The second-order valence-corrected chi connectivity index (χ2v) is 11.0. The van der Waals surface area contributed by atoms with Gasteiger partial charge in [-0.15, -0.1) is 0 Å². The van der Waals surface area contributed by atoms with E-state index in [-0.39, 0.29) is 17.3 Å². The van der Waals surface area contributed by atoms with Gasteiger partial charge in [0.25, 0.3) is 10.0 Å². The van der Waals surface area contributed by atoms with E-state index in [1.807, 2.05) is 25.1 Å². The Morgan fingerprint density at radius 3 is 2.42 bits per heavy atom. The number of rotatable bonds is 11. The molecule has 5 nitrogen and oxygen atoms in total. The maximum Gasteiger partial charge on any atom is 0.264 e. The molecule has 0 unspecified atom stereocenters. The van der Waals surface area contributed by atoms with Crippen LogP contribution >= 0.6 is 23.4 Å². The van der Waals surface area contributed by atoms with Crippen LogP contribution in [0.15, 0.2) is 83.8 Å². The maximum absolute atomic E-state index is 13.3. The lowest BCUT2D eigenvalue weighted by Gasteiger charge is -2.24.